The highest BCUT2D eigenvalue weighted by molar-refractivity contribution is 6.32. The van der Waals surface area contributed by atoms with E-state index in [2.05, 4.69) is 32.7 Å². The molecule has 5 rings (SSSR count). The standard InChI is InChI=1S/C19H21ClN4/c20-19-17(4-1-5-22-19)23-14-7-12-3-2-6-24-11-13-9-21-10-16(13)15(8-14)18(12)24/h1,4-5,7-8,13,16,21,23H,2-3,6,9-11H2/t13-,16-/m1/s1. The van der Waals surface area contributed by atoms with Crippen LogP contribution in [-0.2, 0) is 6.42 Å². The maximum Gasteiger partial charge on any atom is 0.152 e. The van der Waals surface area contributed by atoms with Crippen molar-refractivity contribution in [3.8, 4) is 0 Å². The number of fused-ring (bicyclic) bond motifs is 2. The molecular weight excluding hydrogens is 320 g/mol. The molecule has 4 heterocycles. The molecule has 2 aromatic rings. The van der Waals surface area contributed by atoms with Crippen LogP contribution in [0.2, 0.25) is 5.15 Å². The van der Waals surface area contributed by atoms with Crippen LogP contribution in [0.4, 0.5) is 17.1 Å². The number of nitrogens with one attached hydrogen (secondary N) is 2. The number of halogens is 1. The molecule has 1 fully saturated rings. The minimum atomic E-state index is 0.519. The molecule has 24 heavy (non-hydrogen) atoms. The second-order valence-corrected chi connectivity index (χ2v) is 7.47. The van der Waals surface area contributed by atoms with Gasteiger partial charge in [-0.15, -0.1) is 0 Å². The molecule has 0 spiro atoms. The molecule has 0 amide bonds. The van der Waals surface area contributed by atoms with Gasteiger partial charge in [0.2, 0.25) is 0 Å². The van der Waals surface area contributed by atoms with E-state index in [4.69, 9.17) is 11.6 Å². The van der Waals surface area contributed by atoms with E-state index in [1.165, 1.54) is 42.7 Å². The van der Waals surface area contributed by atoms with Crippen molar-refractivity contribution >= 4 is 28.7 Å². The number of hydrogen-bond donors (Lipinski definition) is 2. The van der Waals surface area contributed by atoms with E-state index >= 15 is 0 Å². The van der Waals surface area contributed by atoms with Crippen LogP contribution in [0, 0.1) is 5.92 Å². The average molecular weight is 341 g/mol. The fraction of sp³-hybridized carbons (Fsp3) is 0.421. The van der Waals surface area contributed by atoms with E-state index in [0.29, 0.717) is 11.1 Å². The van der Waals surface area contributed by atoms with E-state index in [1.54, 1.807) is 6.20 Å². The molecule has 1 saturated heterocycles. The van der Waals surface area contributed by atoms with Crippen molar-refractivity contribution in [3.05, 3.63) is 46.7 Å². The summed E-state index contributed by atoms with van der Waals surface area (Å²) in [6.07, 6.45) is 4.13. The summed E-state index contributed by atoms with van der Waals surface area (Å²) in [7, 11) is 0. The third-order valence-electron chi connectivity index (χ3n) is 5.64. The summed E-state index contributed by atoms with van der Waals surface area (Å²) in [5, 5.41) is 7.59. The van der Waals surface area contributed by atoms with Crippen LogP contribution < -0.4 is 15.5 Å². The highest BCUT2D eigenvalue weighted by Gasteiger charge is 2.38. The van der Waals surface area contributed by atoms with Gasteiger partial charge in [0.15, 0.2) is 5.15 Å². The number of nitrogens with zero attached hydrogens (tertiary/aromatic N) is 2. The predicted octanol–water partition coefficient (Wildman–Crippen LogP) is 3.55. The van der Waals surface area contributed by atoms with E-state index in [9.17, 15) is 0 Å². The van der Waals surface area contributed by atoms with Crippen molar-refractivity contribution in [1.29, 1.82) is 0 Å². The predicted molar refractivity (Wildman–Crippen MR) is 98.6 cm³/mol. The molecule has 3 aliphatic heterocycles. The molecule has 3 aliphatic rings. The van der Waals surface area contributed by atoms with Crippen molar-refractivity contribution in [2.24, 2.45) is 5.92 Å². The lowest BCUT2D eigenvalue weighted by Crippen LogP contribution is -2.41. The first-order valence-electron chi connectivity index (χ1n) is 8.79. The number of aryl methyl sites for hydroxylation is 1. The second-order valence-electron chi connectivity index (χ2n) is 7.11. The van der Waals surface area contributed by atoms with Gasteiger partial charge in [-0.2, -0.15) is 0 Å². The fourth-order valence-corrected chi connectivity index (χ4v) is 4.78. The van der Waals surface area contributed by atoms with Gasteiger partial charge in [0.1, 0.15) is 0 Å². The molecule has 124 valence electrons. The largest absolute Gasteiger partial charge is 0.371 e. The van der Waals surface area contributed by atoms with Crippen molar-refractivity contribution < 1.29 is 0 Å². The Hall–Kier alpha value is -1.78. The van der Waals surface area contributed by atoms with Crippen molar-refractivity contribution in [2.45, 2.75) is 18.8 Å². The van der Waals surface area contributed by atoms with Gasteiger partial charge in [0.25, 0.3) is 0 Å². The summed E-state index contributed by atoms with van der Waals surface area (Å²) in [6.45, 7) is 4.65. The Morgan fingerprint density at radius 3 is 3.17 bits per heavy atom. The SMILES string of the molecule is Clc1ncccc1Nc1cc2c3c(c1)[C@@H]1CNC[C@@H]1CN3CCC2. The Bertz CT molecular complexity index is 791. The second kappa shape index (κ2) is 5.64. The maximum atomic E-state index is 6.22. The lowest BCUT2D eigenvalue weighted by Gasteiger charge is -2.42. The Balaban J connectivity index is 1.59. The summed E-state index contributed by atoms with van der Waals surface area (Å²) < 4.78 is 0. The monoisotopic (exact) mass is 340 g/mol. The number of hydrogen-bond acceptors (Lipinski definition) is 4. The minimum absolute atomic E-state index is 0.519. The van der Waals surface area contributed by atoms with Crippen LogP contribution in [0.5, 0.6) is 0 Å². The van der Waals surface area contributed by atoms with Crippen molar-refractivity contribution in [3.63, 3.8) is 0 Å². The van der Waals surface area contributed by atoms with Gasteiger partial charge in [-0.1, -0.05) is 11.6 Å². The van der Waals surface area contributed by atoms with Gasteiger partial charge in [-0.05, 0) is 54.2 Å². The molecule has 0 aliphatic carbocycles. The average Bonchev–Trinajstić information content (AvgIpc) is 3.06. The molecule has 0 unspecified atom stereocenters. The van der Waals surface area contributed by atoms with Crippen LogP contribution >= 0.6 is 11.6 Å². The molecule has 0 saturated carbocycles. The zero-order valence-corrected chi connectivity index (χ0v) is 14.3. The minimum Gasteiger partial charge on any atom is -0.371 e. The summed E-state index contributed by atoms with van der Waals surface area (Å²) >= 11 is 6.22. The molecule has 2 N–H and O–H groups in total. The number of anilines is 3. The van der Waals surface area contributed by atoms with Gasteiger partial charge in [0.05, 0.1) is 5.69 Å². The first-order chi connectivity index (χ1) is 11.8. The van der Waals surface area contributed by atoms with E-state index < -0.39 is 0 Å². The van der Waals surface area contributed by atoms with Gasteiger partial charge in [-0.25, -0.2) is 4.98 Å². The third-order valence-corrected chi connectivity index (χ3v) is 5.94. The zero-order valence-electron chi connectivity index (χ0n) is 13.6. The summed E-state index contributed by atoms with van der Waals surface area (Å²) in [5.41, 5.74) is 6.50. The quantitative estimate of drug-likeness (QED) is 0.820. The lowest BCUT2D eigenvalue weighted by molar-refractivity contribution is 0.470. The van der Waals surface area contributed by atoms with Crippen LogP contribution in [0.3, 0.4) is 0 Å². The molecular formula is C19H21ClN4. The molecule has 5 heteroatoms. The van der Waals surface area contributed by atoms with Crippen LogP contribution in [0.1, 0.15) is 23.5 Å². The Labute approximate surface area is 147 Å². The van der Waals surface area contributed by atoms with Crippen LogP contribution in [0.25, 0.3) is 0 Å². The van der Waals surface area contributed by atoms with E-state index in [0.717, 1.165) is 30.4 Å². The van der Waals surface area contributed by atoms with Gasteiger partial charge in [0, 0.05) is 49.7 Å². The van der Waals surface area contributed by atoms with E-state index in [-0.39, 0.29) is 0 Å². The smallest absolute Gasteiger partial charge is 0.152 e. The Morgan fingerprint density at radius 1 is 1.29 bits per heavy atom. The number of benzene rings is 1. The molecule has 2 atom stereocenters. The Kier molecular flexibility index (Phi) is 3.42. The summed E-state index contributed by atoms with van der Waals surface area (Å²) in [4.78, 5) is 6.78. The van der Waals surface area contributed by atoms with Crippen LogP contribution in [0.15, 0.2) is 30.5 Å². The third kappa shape index (κ3) is 2.28. The number of pyridine rings is 1. The maximum absolute atomic E-state index is 6.22. The van der Waals surface area contributed by atoms with E-state index in [1.807, 2.05) is 12.1 Å². The van der Waals surface area contributed by atoms with Gasteiger partial charge >= 0.3 is 0 Å². The zero-order chi connectivity index (χ0) is 16.1. The number of aromatic nitrogens is 1. The molecule has 0 radical (unpaired) electrons. The highest BCUT2D eigenvalue weighted by atomic mass is 35.5. The summed E-state index contributed by atoms with van der Waals surface area (Å²) in [6, 6.07) is 8.53. The molecule has 4 nitrogen and oxygen atoms in total. The first kappa shape index (κ1) is 14.6. The number of rotatable bonds is 2. The fourth-order valence-electron chi connectivity index (χ4n) is 4.61. The van der Waals surface area contributed by atoms with Crippen molar-refractivity contribution in [2.75, 3.05) is 36.4 Å². The Morgan fingerprint density at radius 2 is 2.25 bits per heavy atom. The van der Waals surface area contributed by atoms with Crippen LogP contribution in [-0.4, -0.2) is 31.2 Å². The van der Waals surface area contributed by atoms with Gasteiger partial charge < -0.3 is 15.5 Å². The lowest BCUT2D eigenvalue weighted by atomic mass is 9.80. The summed E-state index contributed by atoms with van der Waals surface area (Å²) in [5.74, 6) is 1.37. The normalized spacial score (nSPS) is 24.5. The molecule has 1 aromatic carbocycles. The topological polar surface area (TPSA) is 40.2 Å². The first-order valence-corrected chi connectivity index (χ1v) is 9.17. The molecule has 1 aromatic heterocycles. The highest BCUT2D eigenvalue weighted by Crippen LogP contribution is 2.46. The molecule has 0 bridgehead atoms. The van der Waals surface area contributed by atoms with Gasteiger partial charge in [-0.3, -0.25) is 0 Å². The van der Waals surface area contributed by atoms with Crippen molar-refractivity contribution in [1.82, 2.24) is 10.3 Å².